The highest BCUT2D eigenvalue weighted by Gasteiger charge is 2.48. The molecule has 1 aliphatic carbocycles. The molecule has 2 heterocycles. The summed E-state index contributed by atoms with van der Waals surface area (Å²) in [6, 6.07) is 9.76. The fraction of sp³-hybridized carbons (Fsp3) is 0.235. The molecule has 0 unspecified atom stereocenters. The summed E-state index contributed by atoms with van der Waals surface area (Å²) in [7, 11) is 0. The Morgan fingerprint density at radius 2 is 1.95 bits per heavy atom. The third-order valence-electron chi connectivity index (χ3n) is 4.03. The normalized spacial score (nSPS) is 15.9. The van der Waals surface area contributed by atoms with Gasteiger partial charge in [0.25, 0.3) is 0 Å². The van der Waals surface area contributed by atoms with Crippen LogP contribution >= 0.6 is 0 Å². The second-order valence-corrected chi connectivity index (χ2v) is 5.67. The van der Waals surface area contributed by atoms with E-state index in [0.717, 1.165) is 27.7 Å². The molecule has 0 atom stereocenters. The number of aromatic nitrogens is 3. The predicted octanol–water partition coefficient (Wildman–Crippen LogP) is 3.11. The highest BCUT2D eigenvalue weighted by Crippen LogP contribution is 2.48. The molecule has 1 aliphatic rings. The van der Waals surface area contributed by atoms with Crippen LogP contribution in [0.1, 0.15) is 24.4 Å². The lowest BCUT2D eigenvalue weighted by molar-refractivity contribution is 0.300. The summed E-state index contributed by atoms with van der Waals surface area (Å²) >= 11 is 0. The van der Waals surface area contributed by atoms with Crippen molar-refractivity contribution in [1.29, 1.82) is 0 Å². The van der Waals surface area contributed by atoms with E-state index in [9.17, 15) is 4.39 Å². The number of fused-ring (bicyclic) bond motifs is 1. The van der Waals surface area contributed by atoms with E-state index in [1.54, 1.807) is 12.3 Å². The summed E-state index contributed by atoms with van der Waals surface area (Å²) in [6.07, 6.45) is 4.46. The maximum absolute atomic E-state index is 14.1. The average Bonchev–Trinajstić information content (AvgIpc) is 3.33. The number of hydrogen-bond acceptors (Lipinski definition) is 4. The molecule has 4 nitrogen and oxygen atoms in total. The molecule has 1 aromatic carbocycles. The van der Waals surface area contributed by atoms with Crippen LogP contribution in [0.5, 0.6) is 0 Å². The molecule has 1 fully saturated rings. The number of alkyl halides is 1. The first-order valence-electron chi connectivity index (χ1n) is 7.29. The maximum Gasteiger partial charge on any atom is 0.170 e. The highest BCUT2D eigenvalue weighted by atomic mass is 19.1. The minimum atomic E-state index is -1.32. The van der Waals surface area contributed by atoms with Crippen molar-refractivity contribution < 1.29 is 4.39 Å². The second-order valence-electron chi connectivity index (χ2n) is 5.67. The van der Waals surface area contributed by atoms with E-state index in [-0.39, 0.29) is 0 Å². The number of hydrogen-bond donors (Lipinski definition) is 1. The Hall–Kier alpha value is -2.40. The summed E-state index contributed by atoms with van der Waals surface area (Å²) in [4.78, 5) is 12.8. The van der Waals surface area contributed by atoms with E-state index in [0.29, 0.717) is 25.2 Å². The molecule has 0 aliphatic heterocycles. The molecular weight excluding hydrogens is 279 g/mol. The molecule has 110 valence electrons. The minimum absolute atomic E-state index is 0.294. The van der Waals surface area contributed by atoms with Gasteiger partial charge in [0.2, 0.25) is 0 Å². The molecule has 0 amide bonds. The van der Waals surface area contributed by atoms with Gasteiger partial charge in [0.05, 0.1) is 11.4 Å². The van der Waals surface area contributed by atoms with Gasteiger partial charge < -0.3 is 5.73 Å². The van der Waals surface area contributed by atoms with E-state index in [2.05, 4.69) is 15.0 Å². The summed E-state index contributed by atoms with van der Waals surface area (Å²) in [5.74, 6) is 0.294. The van der Waals surface area contributed by atoms with Crippen molar-refractivity contribution in [2.75, 3.05) is 0 Å². The molecule has 1 saturated carbocycles. The van der Waals surface area contributed by atoms with Crippen molar-refractivity contribution in [2.45, 2.75) is 25.1 Å². The van der Waals surface area contributed by atoms with Gasteiger partial charge in [-0.15, -0.1) is 0 Å². The number of pyridine rings is 1. The molecule has 22 heavy (non-hydrogen) atoms. The number of benzene rings is 1. The third-order valence-corrected chi connectivity index (χ3v) is 4.03. The van der Waals surface area contributed by atoms with Gasteiger partial charge in [0.15, 0.2) is 11.5 Å². The second kappa shape index (κ2) is 4.81. The molecule has 2 N–H and O–H groups in total. The van der Waals surface area contributed by atoms with E-state index in [4.69, 9.17) is 5.73 Å². The van der Waals surface area contributed by atoms with E-state index in [1.165, 1.54) is 0 Å². The summed E-state index contributed by atoms with van der Waals surface area (Å²) in [6.45, 7) is 0.405. The van der Waals surface area contributed by atoms with E-state index < -0.39 is 5.67 Å². The largest absolute Gasteiger partial charge is 0.325 e. The molecular formula is C17H15FN4. The van der Waals surface area contributed by atoms with E-state index >= 15 is 0 Å². The Kier molecular flexibility index (Phi) is 2.90. The minimum Gasteiger partial charge on any atom is -0.325 e. The zero-order valence-corrected chi connectivity index (χ0v) is 12.0. The van der Waals surface area contributed by atoms with Crippen LogP contribution in [0.15, 0.2) is 42.7 Å². The molecule has 0 saturated heterocycles. The maximum atomic E-state index is 14.1. The van der Waals surface area contributed by atoms with Crippen LogP contribution in [-0.4, -0.2) is 15.0 Å². The van der Waals surface area contributed by atoms with Crippen LogP contribution in [0.4, 0.5) is 4.39 Å². The molecule has 0 radical (unpaired) electrons. The lowest BCUT2D eigenvalue weighted by Gasteiger charge is -2.07. The first kappa shape index (κ1) is 13.3. The van der Waals surface area contributed by atoms with Crippen molar-refractivity contribution in [3.05, 3.63) is 54.2 Å². The van der Waals surface area contributed by atoms with Crippen LogP contribution in [0.3, 0.4) is 0 Å². The predicted molar refractivity (Wildman–Crippen MR) is 82.7 cm³/mol. The summed E-state index contributed by atoms with van der Waals surface area (Å²) in [5.41, 5.74) is 6.84. The van der Waals surface area contributed by atoms with Crippen LogP contribution in [0, 0.1) is 0 Å². The summed E-state index contributed by atoms with van der Waals surface area (Å²) < 4.78 is 14.1. The Morgan fingerprint density at radius 1 is 1.09 bits per heavy atom. The van der Waals surface area contributed by atoms with Gasteiger partial charge >= 0.3 is 0 Å². The Bertz CT molecular complexity index is 858. The molecule has 4 rings (SSSR count). The van der Waals surface area contributed by atoms with Crippen LogP contribution in [0.25, 0.3) is 22.0 Å². The monoisotopic (exact) mass is 294 g/mol. The fourth-order valence-electron chi connectivity index (χ4n) is 2.53. The number of nitrogens with two attached hydrogens (primary N) is 1. The molecule has 2 aromatic heterocycles. The van der Waals surface area contributed by atoms with Gasteiger partial charge in [0, 0.05) is 29.9 Å². The molecule has 0 spiro atoms. The van der Waals surface area contributed by atoms with Crippen molar-refractivity contribution in [1.82, 2.24) is 15.0 Å². The SMILES string of the molecule is NCc1cc2cc(-c3ccnc(C4(F)CC4)n3)ccc2cn1. The average molecular weight is 294 g/mol. The zero-order valence-electron chi connectivity index (χ0n) is 12.0. The first-order chi connectivity index (χ1) is 10.7. The van der Waals surface area contributed by atoms with Crippen molar-refractivity contribution in [3.63, 3.8) is 0 Å². The smallest absolute Gasteiger partial charge is 0.170 e. The fourth-order valence-corrected chi connectivity index (χ4v) is 2.53. The van der Waals surface area contributed by atoms with Gasteiger partial charge in [-0.25, -0.2) is 14.4 Å². The molecule has 5 heteroatoms. The topological polar surface area (TPSA) is 64.7 Å². The van der Waals surface area contributed by atoms with Gasteiger partial charge in [-0.3, -0.25) is 4.98 Å². The third kappa shape index (κ3) is 2.23. The Labute approximate surface area is 127 Å². The summed E-state index contributed by atoms with van der Waals surface area (Å²) in [5, 5.41) is 2.09. The quantitative estimate of drug-likeness (QED) is 0.806. The van der Waals surface area contributed by atoms with E-state index in [1.807, 2.05) is 30.5 Å². The Morgan fingerprint density at radius 3 is 2.73 bits per heavy atom. The van der Waals surface area contributed by atoms with Crippen molar-refractivity contribution in [2.24, 2.45) is 5.73 Å². The van der Waals surface area contributed by atoms with Gasteiger partial charge in [-0.05, 0) is 36.4 Å². The zero-order chi connectivity index (χ0) is 15.2. The highest BCUT2D eigenvalue weighted by molar-refractivity contribution is 5.86. The molecule has 3 aromatic rings. The standard InChI is InChI=1S/C17H15FN4/c18-17(4-5-17)16-20-6-3-15(22-16)11-1-2-12-10-21-14(9-19)8-13(12)7-11/h1-3,6-8,10H,4-5,9,19H2. The number of rotatable bonds is 3. The number of nitrogens with zero attached hydrogens (tertiary/aromatic N) is 3. The van der Waals surface area contributed by atoms with Gasteiger partial charge in [-0.1, -0.05) is 12.1 Å². The number of halogens is 1. The van der Waals surface area contributed by atoms with Gasteiger partial charge in [-0.2, -0.15) is 0 Å². The lowest BCUT2D eigenvalue weighted by atomic mass is 10.1. The van der Waals surface area contributed by atoms with Gasteiger partial charge in [0.1, 0.15) is 0 Å². The van der Waals surface area contributed by atoms with Crippen LogP contribution < -0.4 is 5.73 Å². The van der Waals surface area contributed by atoms with Crippen molar-refractivity contribution in [3.8, 4) is 11.3 Å². The van der Waals surface area contributed by atoms with Crippen molar-refractivity contribution >= 4 is 10.8 Å². The first-order valence-corrected chi connectivity index (χ1v) is 7.29. The Balaban J connectivity index is 1.80. The van der Waals surface area contributed by atoms with Crippen LogP contribution in [0.2, 0.25) is 0 Å². The lowest BCUT2D eigenvalue weighted by Crippen LogP contribution is -2.05. The van der Waals surface area contributed by atoms with Crippen LogP contribution in [-0.2, 0) is 12.2 Å². The molecule has 0 bridgehead atoms.